The Morgan fingerprint density at radius 1 is 1.21 bits per heavy atom. The highest BCUT2D eigenvalue weighted by Crippen LogP contribution is 2.22. The Kier molecular flexibility index (Phi) is 6.28. The van der Waals surface area contributed by atoms with Gasteiger partial charge in [-0.05, 0) is 34.2 Å². The number of nitrogens with zero attached hydrogens (tertiary/aromatic N) is 4. The lowest BCUT2D eigenvalue weighted by Gasteiger charge is -2.15. The summed E-state index contributed by atoms with van der Waals surface area (Å²) in [4.78, 5) is 24.6. The first-order valence-electron chi connectivity index (χ1n) is 8.21. The minimum atomic E-state index is -0.834. The van der Waals surface area contributed by atoms with E-state index in [0.717, 1.165) is 17.7 Å². The van der Waals surface area contributed by atoms with E-state index < -0.39 is 30.3 Å². The molecule has 0 aliphatic rings. The fraction of sp³-hybridized carbons (Fsp3) is 0.167. The summed E-state index contributed by atoms with van der Waals surface area (Å²) in [6, 6.07) is 12.0. The lowest BCUT2D eigenvalue weighted by molar-refractivity contribution is -0.151. The fourth-order valence-corrected chi connectivity index (χ4v) is 2.66. The third-order valence-corrected chi connectivity index (χ3v) is 4.09. The first kappa shape index (κ1) is 19.4. The Bertz CT molecular complexity index is 953. The van der Waals surface area contributed by atoms with Crippen LogP contribution >= 0.6 is 11.6 Å². The number of esters is 1. The summed E-state index contributed by atoms with van der Waals surface area (Å²) < 4.78 is 19.4. The van der Waals surface area contributed by atoms with Gasteiger partial charge in [0.15, 0.2) is 12.6 Å². The third kappa shape index (κ3) is 5.10. The molecule has 0 unspecified atom stereocenters. The molecule has 0 saturated heterocycles. The number of nitrogens with one attached hydrogen (secondary N) is 1. The number of halogens is 2. The maximum Gasteiger partial charge on any atom is 0.331 e. The molecule has 28 heavy (non-hydrogen) atoms. The Morgan fingerprint density at radius 2 is 2.00 bits per heavy atom. The molecule has 10 heteroatoms. The van der Waals surface area contributed by atoms with Crippen LogP contribution in [0.1, 0.15) is 11.6 Å². The zero-order chi connectivity index (χ0) is 19.9. The van der Waals surface area contributed by atoms with E-state index in [0.29, 0.717) is 0 Å². The van der Waals surface area contributed by atoms with Gasteiger partial charge in [0.25, 0.3) is 5.91 Å². The largest absolute Gasteiger partial charge is 0.454 e. The minimum Gasteiger partial charge on any atom is -0.454 e. The van der Waals surface area contributed by atoms with Crippen molar-refractivity contribution >= 4 is 29.2 Å². The van der Waals surface area contributed by atoms with Crippen molar-refractivity contribution in [2.75, 3.05) is 11.9 Å². The van der Waals surface area contributed by atoms with Crippen LogP contribution in [-0.4, -0.2) is 38.7 Å². The highest BCUT2D eigenvalue weighted by atomic mass is 35.5. The molecule has 0 bridgehead atoms. The monoisotopic (exact) mass is 403 g/mol. The van der Waals surface area contributed by atoms with Gasteiger partial charge in [-0.3, -0.25) is 4.79 Å². The Labute approximate surface area is 164 Å². The van der Waals surface area contributed by atoms with Crippen LogP contribution in [0.15, 0.2) is 54.9 Å². The Morgan fingerprint density at radius 3 is 2.68 bits per heavy atom. The zero-order valence-corrected chi connectivity index (χ0v) is 15.2. The van der Waals surface area contributed by atoms with E-state index in [2.05, 4.69) is 20.8 Å². The van der Waals surface area contributed by atoms with E-state index >= 15 is 0 Å². The number of anilines is 1. The van der Waals surface area contributed by atoms with Gasteiger partial charge in [-0.1, -0.05) is 41.9 Å². The lowest BCUT2D eigenvalue weighted by Crippen LogP contribution is -2.28. The van der Waals surface area contributed by atoms with Gasteiger partial charge in [-0.25, -0.2) is 13.9 Å². The number of amides is 1. The number of ether oxygens (including phenoxy) is 1. The molecule has 2 aromatic carbocycles. The molecule has 3 rings (SSSR count). The van der Waals surface area contributed by atoms with Gasteiger partial charge < -0.3 is 10.1 Å². The summed E-state index contributed by atoms with van der Waals surface area (Å²) in [5.74, 6) is -1.81. The Hall–Kier alpha value is -3.33. The molecule has 0 aliphatic heterocycles. The summed E-state index contributed by atoms with van der Waals surface area (Å²) in [6.45, 7) is -0.542. The molecule has 1 aromatic heterocycles. The van der Waals surface area contributed by atoms with E-state index in [1.807, 2.05) is 30.3 Å². The normalized spacial score (nSPS) is 11.6. The predicted octanol–water partition coefficient (Wildman–Crippen LogP) is 2.43. The molecular weight excluding hydrogens is 389 g/mol. The highest BCUT2D eigenvalue weighted by Gasteiger charge is 2.24. The van der Waals surface area contributed by atoms with Crippen LogP contribution in [0.5, 0.6) is 0 Å². The quantitative estimate of drug-likeness (QED) is 0.608. The number of benzene rings is 2. The summed E-state index contributed by atoms with van der Waals surface area (Å²) in [7, 11) is 0. The van der Waals surface area contributed by atoms with Crippen LogP contribution in [0.2, 0.25) is 5.02 Å². The number of hydrogen-bond donors (Lipinski definition) is 1. The van der Waals surface area contributed by atoms with Crippen molar-refractivity contribution in [3.05, 3.63) is 71.3 Å². The van der Waals surface area contributed by atoms with Crippen LogP contribution in [0.25, 0.3) is 0 Å². The van der Waals surface area contributed by atoms with E-state index in [4.69, 9.17) is 16.3 Å². The van der Waals surface area contributed by atoms with Gasteiger partial charge in [0.2, 0.25) is 0 Å². The van der Waals surface area contributed by atoms with Gasteiger partial charge >= 0.3 is 5.97 Å². The average Bonchev–Trinajstić information content (AvgIpc) is 3.22. The zero-order valence-electron chi connectivity index (χ0n) is 14.5. The summed E-state index contributed by atoms with van der Waals surface area (Å²) in [5, 5.41) is 13.3. The van der Waals surface area contributed by atoms with Crippen LogP contribution in [0.4, 0.5) is 10.1 Å². The molecular formula is C18H15ClFN5O3. The van der Waals surface area contributed by atoms with E-state index in [9.17, 15) is 14.0 Å². The topological polar surface area (TPSA) is 99.0 Å². The molecule has 0 spiro atoms. The first-order valence-corrected chi connectivity index (χ1v) is 8.58. The number of carbonyl (C=O) groups is 2. The van der Waals surface area contributed by atoms with Crippen molar-refractivity contribution in [3.63, 3.8) is 0 Å². The van der Waals surface area contributed by atoms with E-state index in [-0.39, 0.29) is 17.1 Å². The second kappa shape index (κ2) is 9.05. The van der Waals surface area contributed by atoms with Gasteiger partial charge in [-0.2, -0.15) is 0 Å². The number of aromatic nitrogens is 4. The van der Waals surface area contributed by atoms with Crippen molar-refractivity contribution in [2.24, 2.45) is 0 Å². The Balaban J connectivity index is 1.62. The smallest absolute Gasteiger partial charge is 0.331 e. The second-order valence-electron chi connectivity index (χ2n) is 5.78. The van der Waals surface area contributed by atoms with E-state index in [1.165, 1.54) is 17.1 Å². The molecule has 0 radical (unpaired) electrons. The van der Waals surface area contributed by atoms with Crippen LogP contribution < -0.4 is 5.32 Å². The first-order chi connectivity index (χ1) is 13.5. The van der Waals surface area contributed by atoms with Crippen molar-refractivity contribution < 1.29 is 18.7 Å². The van der Waals surface area contributed by atoms with Crippen molar-refractivity contribution in [3.8, 4) is 0 Å². The SMILES string of the molecule is O=C(COC(=O)[C@H](Cc1ccccc1)n1cnnn1)Nc1ccc(F)cc1Cl. The van der Waals surface area contributed by atoms with Gasteiger partial charge in [0, 0.05) is 6.42 Å². The number of tetrazole rings is 1. The van der Waals surface area contributed by atoms with Crippen LogP contribution in [-0.2, 0) is 20.7 Å². The molecule has 1 N–H and O–H groups in total. The predicted molar refractivity (Wildman–Crippen MR) is 98.0 cm³/mol. The molecule has 1 heterocycles. The highest BCUT2D eigenvalue weighted by molar-refractivity contribution is 6.33. The fourth-order valence-electron chi connectivity index (χ4n) is 2.44. The minimum absolute atomic E-state index is 0.0373. The molecule has 0 fully saturated rings. The standard InChI is InChI=1S/C18H15ClFN5O3/c19-14-9-13(20)6-7-15(14)22-17(26)10-28-18(27)16(25-11-21-23-24-25)8-12-4-2-1-3-5-12/h1-7,9,11,16H,8,10H2,(H,22,26)/t16-/m0/s1. The molecule has 3 aromatic rings. The molecule has 144 valence electrons. The van der Waals surface area contributed by atoms with Crippen molar-refractivity contribution in [1.82, 2.24) is 20.2 Å². The van der Waals surface area contributed by atoms with Crippen molar-refractivity contribution in [2.45, 2.75) is 12.5 Å². The van der Waals surface area contributed by atoms with Crippen LogP contribution in [0, 0.1) is 5.82 Å². The maximum atomic E-state index is 13.1. The molecule has 1 atom stereocenters. The van der Waals surface area contributed by atoms with Gasteiger partial charge in [0.1, 0.15) is 12.1 Å². The van der Waals surface area contributed by atoms with Crippen molar-refractivity contribution in [1.29, 1.82) is 0 Å². The van der Waals surface area contributed by atoms with Gasteiger partial charge in [0.05, 0.1) is 10.7 Å². The summed E-state index contributed by atoms with van der Waals surface area (Å²) in [5.41, 5.74) is 1.09. The summed E-state index contributed by atoms with van der Waals surface area (Å²) in [6.07, 6.45) is 1.59. The molecule has 8 nitrogen and oxygen atoms in total. The number of carbonyl (C=O) groups excluding carboxylic acids is 2. The second-order valence-corrected chi connectivity index (χ2v) is 6.18. The third-order valence-electron chi connectivity index (χ3n) is 3.78. The average molecular weight is 404 g/mol. The maximum absolute atomic E-state index is 13.1. The van der Waals surface area contributed by atoms with Gasteiger partial charge in [-0.15, -0.1) is 5.10 Å². The molecule has 0 saturated carbocycles. The molecule has 0 aliphatic carbocycles. The number of rotatable bonds is 7. The lowest BCUT2D eigenvalue weighted by atomic mass is 10.1. The van der Waals surface area contributed by atoms with E-state index in [1.54, 1.807) is 0 Å². The molecule has 1 amide bonds. The number of hydrogen-bond acceptors (Lipinski definition) is 6. The van der Waals surface area contributed by atoms with Crippen LogP contribution in [0.3, 0.4) is 0 Å². The summed E-state index contributed by atoms with van der Waals surface area (Å²) >= 11 is 5.86.